The van der Waals surface area contributed by atoms with Gasteiger partial charge in [0, 0.05) is 38.1 Å². The summed E-state index contributed by atoms with van der Waals surface area (Å²) in [7, 11) is 0. The van der Waals surface area contributed by atoms with Gasteiger partial charge in [0.15, 0.2) is 0 Å². The number of hydrogen-bond acceptors (Lipinski definition) is 2. The first-order valence-electron chi connectivity index (χ1n) is 9.55. The highest BCUT2D eigenvalue weighted by molar-refractivity contribution is 5.78. The third-order valence-corrected chi connectivity index (χ3v) is 5.55. The number of nitrogens with zero attached hydrogens (tertiary/aromatic N) is 3. The standard InChI is InChI=1S/C21H27N3O/c25-20(23-12-6-1-2-7-13-23)17-24-16-15-22-14-8-11-19(22)21(24)18-9-4-3-5-10-18/h3-5,8-11,14,21H,1-2,6-7,12-13,15-17H2. The predicted octanol–water partition coefficient (Wildman–Crippen LogP) is 3.30. The van der Waals surface area contributed by atoms with Crippen LogP contribution in [0.25, 0.3) is 0 Å². The Morgan fingerprint density at radius 2 is 1.64 bits per heavy atom. The maximum absolute atomic E-state index is 12.9. The molecular formula is C21H27N3O. The third-order valence-electron chi connectivity index (χ3n) is 5.55. The molecule has 4 heteroatoms. The molecule has 1 aromatic carbocycles. The molecule has 1 aromatic heterocycles. The molecule has 132 valence electrons. The second kappa shape index (κ2) is 7.44. The Bertz CT molecular complexity index is 701. The molecule has 1 fully saturated rings. The van der Waals surface area contributed by atoms with E-state index in [2.05, 4.69) is 63.0 Å². The van der Waals surface area contributed by atoms with Crippen LogP contribution in [0.3, 0.4) is 0 Å². The first kappa shape index (κ1) is 16.4. The van der Waals surface area contributed by atoms with Gasteiger partial charge in [-0.2, -0.15) is 0 Å². The molecular weight excluding hydrogens is 310 g/mol. The summed E-state index contributed by atoms with van der Waals surface area (Å²) in [6, 6.07) is 15.1. The lowest BCUT2D eigenvalue weighted by molar-refractivity contribution is -0.133. The van der Waals surface area contributed by atoms with E-state index in [1.165, 1.54) is 24.1 Å². The molecule has 1 atom stereocenters. The molecule has 1 unspecified atom stereocenters. The van der Waals surface area contributed by atoms with Gasteiger partial charge in [-0.05, 0) is 30.5 Å². The third kappa shape index (κ3) is 3.49. The van der Waals surface area contributed by atoms with Crippen molar-refractivity contribution in [3.63, 3.8) is 0 Å². The van der Waals surface area contributed by atoms with E-state index in [1.807, 2.05) is 0 Å². The second-order valence-corrected chi connectivity index (χ2v) is 7.21. The fraction of sp³-hybridized carbons (Fsp3) is 0.476. The zero-order valence-corrected chi connectivity index (χ0v) is 14.8. The van der Waals surface area contributed by atoms with Crippen molar-refractivity contribution >= 4 is 5.91 Å². The van der Waals surface area contributed by atoms with Crippen molar-refractivity contribution in [1.29, 1.82) is 0 Å². The number of carbonyl (C=O) groups excluding carboxylic acids is 1. The molecule has 0 spiro atoms. The Kier molecular flexibility index (Phi) is 4.88. The number of benzene rings is 1. The summed E-state index contributed by atoms with van der Waals surface area (Å²) in [6.45, 7) is 4.25. The van der Waals surface area contributed by atoms with E-state index in [0.717, 1.165) is 39.0 Å². The molecule has 0 saturated carbocycles. The monoisotopic (exact) mass is 337 g/mol. The summed E-state index contributed by atoms with van der Waals surface area (Å²) in [5.41, 5.74) is 2.56. The van der Waals surface area contributed by atoms with Gasteiger partial charge >= 0.3 is 0 Å². The van der Waals surface area contributed by atoms with E-state index in [9.17, 15) is 4.79 Å². The van der Waals surface area contributed by atoms with Gasteiger partial charge in [-0.25, -0.2) is 0 Å². The molecule has 2 aliphatic heterocycles. The summed E-state index contributed by atoms with van der Waals surface area (Å²) in [5, 5.41) is 0. The van der Waals surface area contributed by atoms with Crippen molar-refractivity contribution in [2.45, 2.75) is 38.3 Å². The Balaban J connectivity index is 1.56. The van der Waals surface area contributed by atoms with Crippen LogP contribution in [0, 0.1) is 0 Å². The van der Waals surface area contributed by atoms with Gasteiger partial charge < -0.3 is 9.47 Å². The number of likely N-dealkylation sites (tertiary alicyclic amines) is 1. The molecule has 4 rings (SSSR count). The number of carbonyl (C=O) groups is 1. The van der Waals surface area contributed by atoms with E-state index in [0.29, 0.717) is 12.5 Å². The van der Waals surface area contributed by atoms with Crippen molar-refractivity contribution < 1.29 is 4.79 Å². The zero-order chi connectivity index (χ0) is 17.1. The van der Waals surface area contributed by atoms with Crippen LogP contribution >= 0.6 is 0 Å². The Labute approximate surface area is 150 Å². The molecule has 2 aliphatic rings. The van der Waals surface area contributed by atoms with Crippen LogP contribution in [0.15, 0.2) is 48.7 Å². The van der Waals surface area contributed by atoms with Crippen molar-refractivity contribution in [3.8, 4) is 0 Å². The van der Waals surface area contributed by atoms with Gasteiger partial charge in [-0.15, -0.1) is 0 Å². The Morgan fingerprint density at radius 3 is 2.40 bits per heavy atom. The fourth-order valence-electron chi connectivity index (χ4n) is 4.21. The lowest BCUT2D eigenvalue weighted by Gasteiger charge is -2.38. The first-order chi connectivity index (χ1) is 12.3. The molecule has 0 bridgehead atoms. The molecule has 1 amide bonds. The molecule has 0 radical (unpaired) electrons. The lowest BCUT2D eigenvalue weighted by atomic mass is 10.00. The van der Waals surface area contributed by atoms with Crippen LogP contribution in [0.5, 0.6) is 0 Å². The highest BCUT2D eigenvalue weighted by Crippen LogP contribution is 2.32. The Morgan fingerprint density at radius 1 is 0.880 bits per heavy atom. The van der Waals surface area contributed by atoms with Crippen LogP contribution in [0.1, 0.15) is 43.0 Å². The van der Waals surface area contributed by atoms with Crippen molar-refractivity contribution in [2.75, 3.05) is 26.2 Å². The van der Waals surface area contributed by atoms with Crippen LogP contribution in [-0.2, 0) is 11.3 Å². The van der Waals surface area contributed by atoms with Crippen molar-refractivity contribution in [2.24, 2.45) is 0 Å². The topological polar surface area (TPSA) is 28.5 Å². The molecule has 25 heavy (non-hydrogen) atoms. The maximum Gasteiger partial charge on any atom is 0.236 e. The van der Waals surface area contributed by atoms with Gasteiger partial charge in [0.2, 0.25) is 5.91 Å². The van der Waals surface area contributed by atoms with E-state index in [1.54, 1.807) is 0 Å². The molecule has 4 nitrogen and oxygen atoms in total. The highest BCUT2D eigenvalue weighted by atomic mass is 16.2. The zero-order valence-electron chi connectivity index (χ0n) is 14.8. The molecule has 1 saturated heterocycles. The van der Waals surface area contributed by atoms with Gasteiger partial charge in [0.1, 0.15) is 0 Å². The average molecular weight is 337 g/mol. The number of aromatic nitrogens is 1. The van der Waals surface area contributed by atoms with E-state index in [4.69, 9.17) is 0 Å². The normalized spacial score (nSPS) is 21.6. The SMILES string of the molecule is O=C(CN1CCn2cccc2C1c1ccccc1)N1CCCCCC1. The predicted molar refractivity (Wildman–Crippen MR) is 99.3 cm³/mol. The van der Waals surface area contributed by atoms with E-state index >= 15 is 0 Å². The van der Waals surface area contributed by atoms with Gasteiger partial charge in [-0.3, -0.25) is 9.69 Å². The van der Waals surface area contributed by atoms with Crippen LogP contribution < -0.4 is 0 Å². The van der Waals surface area contributed by atoms with E-state index < -0.39 is 0 Å². The lowest BCUT2D eigenvalue weighted by Crippen LogP contribution is -2.46. The molecule has 3 heterocycles. The minimum atomic E-state index is 0.167. The van der Waals surface area contributed by atoms with Crippen molar-refractivity contribution in [3.05, 3.63) is 59.9 Å². The summed E-state index contributed by atoms with van der Waals surface area (Å²) in [5.74, 6) is 0.294. The number of amides is 1. The maximum atomic E-state index is 12.9. The van der Waals surface area contributed by atoms with Crippen LogP contribution in [0.4, 0.5) is 0 Å². The second-order valence-electron chi connectivity index (χ2n) is 7.21. The van der Waals surface area contributed by atoms with E-state index in [-0.39, 0.29) is 6.04 Å². The quantitative estimate of drug-likeness (QED) is 0.860. The van der Waals surface area contributed by atoms with Crippen LogP contribution in [-0.4, -0.2) is 46.5 Å². The number of hydrogen-bond donors (Lipinski definition) is 0. The summed E-state index contributed by atoms with van der Waals surface area (Å²) in [6.07, 6.45) is 6.97. The van der Waals surface area contributed by atoms with Crippen LogP contribution in [0.2, 0.25) is 0 Å². The fourth-order valence-corrected chi connectivity index (χ4v) is 4.21. The highest BCUT2D eigenvalue weighted by Gasteiger charge is 2.31. The summed E-state index contributed by atoms with van der Waals surface area (Å²) in [4.78, 5) is 17.4. The van der Waals surface area contributed by atoms with Gasteiger partial charge in [-0.1, -0.05) is 43.2 Å². The first-order valence-corrected chi connectivity index (χ1v) is 9.55. The Hall–Kier alpha value is -2.07. The summed E-state index contributed by atoms with van der Waals surface area (Å²) < 4.78 is 2.32. The van der Waals surface area contributed by atoms with Crippen molar-refractivity contribution in [1.82, 2.24) is 14.4 Å². The van der Waals surface area contributed by atoms with Gasteiger partial charge in [0.05, 0.1) is 12.6 Å². The average Bonchev–Trinajstić information content (AvgIpc) is 2.95. The van der Waals surface area contributed by atoms with Gasteiger partial charge in [0.25, 0.3) is 0 Å². The molecule has 0 N–H and O–H groups in total. The molecule has 0 aliphatic carbocycles. The minimum absolute atomic E-state index is 0.167. The summed E-state index contributed by atoms with van der Waals surface area (Å²) >= 11 is 0. The largest absolute Gasteiger partial charge is 0.348 e. The number of fused-ring (bicyclic) bond motifs is 1. The smallest absolute Gasteiger partial charge is 0.236 e. The minimum Gasteiger partial charge on any atom is -0.348 e. The number of rotatable bonds is 3. The molecule has 2 aromatic rings.